The van der Waals surface area contributed by atoms with E-state index in [1.165, 1.54) is 19.3 Å². The van der Waals surface area contributed by atoms with Crippen LogP contribution in [-0.4, -0.2) is 55.2 Å². The van der Waals surface area contributed by atoms with Gasteiger partial charge >= 0.3 is 0 Å². The minimum Gasteiger partial charge on any atom is -0.391 e. The van der Waals surface area contributed by atoms with E-state index in [1.54, 1.807) is 0 Å². The van der Waals surface area contributed by atoms with Crippen LogP contribution < -0.4 is 10.6 Å². The summed E-state index contributed by atoms with van der Waals surface area (Å²) < 4.78 is 1.90. The van der Waals surface area contributed by atoms with E-state index < -0.39 is 12.1 Å². The van der Waals surface area contributed by atoms with Crippen molar-refractivity contribution in [2.24, 2.45) is 23.7 Å². The number of hydrogen-bond donors (Lipinski definition) is 3. The Morgan fingerprint density at radius 3 is 2.44 bits per heavy atom. The molecule has 0 saturated heterocycles. The molecular weight excluding hydrogens is 564 g/mol. The first-order valence-corrected chi connectivity index (χ1v) is 17.2. The summed E-state index contributed by atoms with van der Waals surface area (Å²) in [5, 5.41) is 26.7. The average Bonchev–Trinajstić information content (AvgIpc) is 3.42. The molecule has 1 fully saturated rings. The van der Waals surface area contributed by atoms with Gasteiger partial charge in [-0.1, -0.05) is 103 Å². The van der Waals surface area contributed by atoms with Crippen LogP contribution in [0, 0.1) is 23.7 Å². The molecule has 2 aromatic heterocycles. The Bertz CT molecular complexity index is 1370. The smallest absolute Gasteiger partial charge is 0.227 e. The van der Waals surface area contributed by atoms with Gasteiger partial charge in [-0.3, -0.25) is 14.0 Å². The number of aromatic nitrogens is 4. The molecule has 2 amide bonds. The van der Waals surface area contributed by atoms with Crippen LogP contribution in [0.25, 0.3) is 16.9 Å². The van der Waals surface area contributed by atoms with Crippen LogP contribution in [0.5, 0.6) is 0 Å². The standard InChI is InChI=1S/C36H54N6O3/c1-6-7-18-37-36(45)28(25(4)5)21-32(43)29(20-26-14-10-8-11-15-26)39-34(44)22-33-40-41-35-30(19-24(2)3)38-31(23-42(33)35)27-16-12-9-13-17-27/h9,12-13,16-17,23-26,28-29,32,43H,6-8,10-11,14-15,18-22H2,1-5H3,(H,37,45)(H,39,44). The molecule has 246 valence electrons. The molecule has 0 bridgehead atoms. The van der Waals surface area contributed by atoms with Gasteiger partial charge in [0.2, 0.25) is 11.8 Å². The zero-order valence-electron chi connectivity index (χ0n) is 28.0. The molecule has 4 rings (SSSR count). The van der Waals surface area contributed by atoms with Crippen LogP contribution in [0.2, 0.25) is 0 Å². The van der Waals surface area contributed by atoms with Gasteiger partial charge in [0.05, 0.1) is 30.0 Å². The Morgan fingerprint density at radius 1 is 1.04 bits per heavy atom. The summed E-state index contributed by atoms with van der Waals surface area (Å²) >= 11 is 0. The number of fused-ring (bicyclic) bond motifs is 1. The Hall–Kier alpha value is -3.33. The highest BCUT2D eigenvalue weighted by Crippen LogP contribution is 2.30. The minimum absolute atomic E-state index is 0.0183. The molecule has 1 aromatic carbocycles. The molecule has 45 heavy (non-hydrogen) atoms. The van der Waals surface area contributed by atoms with Crippen LogP contribution in [0.3, 0.4) is 0 Å². The molecule has 1 saturated carbocycles. The number of nitrogens with one attached hydrogen (secondary N) is 2. The van der Waals surface area contributed by atoms with Crippen LogP contribution in [0.15, 0.2) is 36.5 Å². The van der Waals surface area contributed by atoms with E-state index in [2.05, 4.69) is 41.6 Å². The first-order valence-electron chi connectivity index (χ1n) is 17.2. The molecule has 1 aliphatic rings. The van der Waals surface area contributed by atoms with Gasteiger partial charge in [-0.2, -0.15) is 0 Å². The number of benzene rings is 1. The third-order valence-corrected chi connectivity index (χ3v) is 9.11. The molecule has 0 radical (unpaired) electrons. The third-order valence-electron chi connectivity index (χ3n) is 9.11. The second kappa shape index (κ2) is 16.8. The summed E-state index contributed by atoms with van der Waals surface area (Å²) in [6.45, 7) is 11.1. The van der Waals surface area contributed by atoms with E-state index >= 15 is 0 Å². The first kappa shape index (κ1) is 34.5. The number of hydrogen-bond acceptors (Lipinski definition) is 6. The summed E-state index contributed by atoms with van der Waals surface area (Å²) in [5.41, 5.74) is 3.32. The molecule has 3 N–H and O–H groups in total. The van der Waals surface area contributed by atoms with Crippen molar-refractivity contribution in [3.05, 3.63) is 48.0 Å². The monoisotopic (exact) mass is 618 g/mol. The lowest BCUT2D eigenvalue weighted by Crippen LogP contribution is -2.47. The quantitative estimate of drug-likeness (QED) is 0.171. The fraction of sp³-hybridized carbons (Fsp3) is 0.639. The lowest BCUT2D eigenvalue weighted by Gasteiger charge is -2.32. The molecule has 1 aliphatic carbocycles. The number of aliphatic hydroxyl groups excluding tert-OH is 1. The fourth-order valence-corrected chi connectivity index (χ4v) is 6.52. The van der Waals surface area contributed by atoms with Crippen LogP contribution >= 0.6 is 0 Å². The highest BCUT2D eigenvalue weighted by atomic mass is 16.3. The van der Waals surface area contributed by atoms with Gasteiger partial charge in [-0.15, -0.1) is 10.2 Å². The molecule has 0 spiro atoms. The van der Waals surface area contributed by atoms with Gasteiger partial charge in [0.25, 0.3) is 0 Å². The highest BCUT2D eigenvalue weighted by molar-refractivity contribution is 5.79. The molecular formula is C36H54N6O3. The molecule has 3 atom stereocenters. The van der Waals surface area contributed by atoms with Crippen LogP contribution in [-0.2, 0) is 22.4 Å². The molecule has 9 nitrogen and oxygen atoms in total. The van der Waals surface area contributed by atoms with Gasteiger partial charge in [0, 0.05) is 24.2 Å². The van der Waals surface area contributed by atoms with E-state index in [4.69, 9.17) is 4.98 Å². The maximum absolute atomic E-state index is 13.7. The Morgan fingerprint density at radius 2 is 1.78 bits per heavy atom. The van der Waals surface area contributed by atoms with Crippen molar-refractivity contribution in [3.63, 3.8) is 0 Å². The van der Waals surface area contributed by atoms with Gasteiger partial charge < -0.3 is 15.7 Å². The van der Waals surface area contributed by atoms with Crippen LogP contribution in [0.1, 0.15) is 104 Å². The van der Waals surface area contributed by atoms with Gasteiger partial charge in [-0.05, 0) is 43.4 Å². The molecule has 0 aliphatic heterocycles. The first-order chi connectivity index (χ1) is 21.7. The second-order valence-corrected chi connectivity index (χ2v) is 13.7. The number of amides is 2. The van der Waals surface area contributed by atoms with Crippen molar-refractivity contribution in [1.29, 1.82) is 0 Å². The van der Waals surface area contributed by atoms with Crippen molar-refractivity contribution in [2.45, 2.75) is 117 Å². The Labute approximate surface area is 269 Å². The SMILES string of the molecule is CCCCNC(=O)C(CC(O)C(CC1CCCCC1)NC(=O)Cc1nnc2c(CC(C)C)nc(-c3ccccc3)cn12)C(C)C. The molecule has 9 heteroatoms. The maximum Gasteiger partial charge on any atom is 0.227 e. The Balaban J connectivity index is 1.55. The predicted molar refractivity (Wildman–Crippen MR) is 178 cm³/mol. The second-order valence-electron chi connectivity index (χ2n) is 13.7. The van der Waals surface area contributed by atoms with Gasteiger partial charge in [-0.25, -0.2) is 4.98 Å². The van der Waals surface area contributed by atoms with Crippen molar-refractivity contribution in [3.8, 4) is 11.3 Å². The average molecular weight is 619 g/mol. The number of unbranched alkanes of at least 4 members (excludes halogenated alkanes) is 1. The number of rotatable bonds is 16. The van der Waals surface area contributed by atoms with Gasteiger partial charge in [0.1, 0.15) is 5.82 Å². The summed E-state index contributed by atoms with van der Waals surface area (Å²) in [5.74, 6) is 0.876. The fourth-order valence-electron chi connectivity index (χ4n) is 6.52. The topological polar surface area (TPSA) is 122 Å². The van der Waals surface area contributed by atoms with E-state index in [9.17, 15) is 14.7 Å². The molecule has 2 heterocycles. The van der Waals surface area contributed by atoms with Crippen LogP contribution in [0.4, 0.5) is 0 Å². The highest BCUT2D eigenvalue weighted by Gasteiger charge is 2.32. The van der Waals surface area contributed by atoms with Crippen molar-refractivity contribution < 1.29 is 14.7 Å². The number of aliphatic hydroxyl groups is 1. The number of carbonyl (C=O) groups is 2. The summed E-state index contributed by atoms with van der Waals surface area (Å²) in [6, 6.07) is 9.56. The normalized spacial score (nSPS) is 16.2. The van der Waals surface area contributed by atoms with E-state index in [0.717, 1.165) is 49.1 Å². The van der Waals surface area contributed by atoms with E-state index in [-0.39, 0.29) is 30.1 Å². The van der Waals surface area contributed by atoms with Crippen molar-refractivity contribution >= 4 is 17.5 Å². The largest absolute Gasteiger partial charge is 0.391 e. The lowest BCUT2D eigenvalue weighted by molar-refractivity contribution is -0.127. The minimum atomic E-state index is -0.832. The van der Waals surface area contributed by atoms with E-state index in [0.29, 0.717) is 42.7 Å². The summed E-state index contributed by atoms with van der Waals surface area (Å²) in [7, 11) is 0. The Kier molecular flexibility index (Phi) is 12.9. The number of nitrogens with zero attached hydrogens (tertiary/aromatic N) is 4. The van der Waals surface area contributed by atoms with E-state index in [1.807, 2.05) is 54.8 Å². The lowest BCUT2D eigenvalue weighted by atomic mass is 9.81. The van der Waals surface area contributed by atoms with Crippen molar-refractivity contribution in [1.82, 2.24) is 30.2 Å². The molecule has 3 aromatic rings. The molecule has 3 unspecified atom stereocenters. The zero-order chi connectivity index (χ0) is 32.3. The predicted octanol–water partition coefficient (Wildman–Crippen LogP) is 5.93. The third kappa shape index (κ3) is 9.83. The summed E-state index contributed by atoms with van der Waals surface area (Å²) in [4.78, 5) is 31.6. The maximum atomic E-state index is 13.7. The zero-order valence-corrected chi connectivity index (χ0v) is 28.0. The summed E-state index contributed by atoms with van der Waals surface area (Å²) in [6.07, 6.45) is 10.6. The van der Waals surface area contributed by atoms with Crippen molar-refractivity contribution in [2.75, 3.05) is 6.54 Å². The van der Waals surface area contributed by atoms with Gasteiger partial charge in [0.15, 0.2) is 5.65 Å². The number of carbonyl (C=O) groups excluding carboxylic acids is 2.